The maximum absolute atomic E-state index is 12.3. The van der Waals surface area contributed by atoms with Crippen LogP contribution in [0.25, 0.3) is 0 Å². The average molecular weight is 348 g/mol. The van der Waals surface area contributed by atoms with Crippen LogP contribution in [-0.4, -0.2) is 27.8 Å². The highest BCUT2D eigenvalue weighted by molar-refractivity contribution is 7.84. The van der Waals surface area contributed by atoms with Gasteiger partial charge >= 0.3 is 0 Å². The van der Waals surface area contributed by atoms with Crippen molar-refractivity contribution in [2.75, 3.05) is 12.8 Å². The van der Waals surface area contributed by atoms with E-state index in [1.54, 1.807) is 23.3 Å². The molecule has 1 amide bonds. The van der Waals surface area contributed by atoms with Crippen LogP contribution < -0.4 is 0 Å². The monoisotopic (exact) mass is 347 g/mol. The van der Waals surface area contributed by atoms with E-state index in [0.29, 0.717) is 12.3 Å². The SMILES string of the molecule is CN(Cc1cccs1)C(=O)C[S@@](=O)Cc1ccc2c(c1)CCC2. The molecule has 0 N–H and O–H groups in total. The van der Waals surface area contributed by atoms with Crippen LogP contribution in [0.2, 0.25) is 0 Å². The van der Waals surface area contributed by atoms with Crippen molar-refractivity contribution in [3.8, 4) is 0 Å². The van der Waals surface area contributed by atoms with Crippen LogP contribution in [0.5, 0.6) is 0 Å². The summed E-state index contributed by atoms with van der Waals surface area (Å²) >= 11 is 1.63. The van der Waals surface area contributed by atoms with Crippen LogP contribution in [0, 0.1) is 0 Å². The molecular formula is C18H21NO2S2. The summed E-state index contributed by atoms with van der Waals surface area (Å²) in [7, 11) is 0.618. The molecule has 23 heavy (non-hydrogen) atoms. The van der Waals surface area contributed by atoms with Gasteiger partial charge in [-0.15, -0.1) is 11.3 Å². The Labute approximate surface area is 143 Å². The number of benzene rings is 1. The number of amides is 1. The summed E-state index contributed by atoms with van der Waals surface area (Å²) in [5, 5.41) is 2.00. The fourth-order valence-corrected chi connectivity index (χ4v) is 4.83. The molecule has 1 aromatic heterocycles. The van der Waals surface area contributed by atoms with Crippen molar-refractivity contribution in [2.24, 2.45) is 0 Å². The third-order valence-corrected chi connectivity index (χ3v) is 6.26. The molecule has 1 aliphatic carbocycles. The Hall–Kier alpha value is -1.46. The second kappa shape index (κ2) is 7.41. The summed E-state index contributed by atoms with van der Waals surface area (Å²) < 4.78 is 12.3. The molecule has 2 aromatic rings. The normalized spacial score (nSPS) is 14.5. The third-order valence-electron chi connectivity index (χ3n) is 4.17. The quantitative estimate of drug-likeness (QED) is 0.805. The number of hydrogen-bond acceptors (Lipinski definition) is 3. The van der Waals surface area contributed by atoms with Gasteiger partial charge < -0.3 is 4.90 Å². The maximum atomic E-state index is 12.3. The minimum absolute atomic E-state index is 0.0575. The van der Waals surface area contributed by atoms with Crippen molar-refractivity contribution in [1.29, 1.82) is 0 Å². The Morgan fingerprint density at radius 2 is 2.09 bits per heavy atom. The lowest BCUT2D eigenvalue weighted by molar-refractivity contribution is -0.127. The first-order valence-electron chi connectivity index (χ1n) is 7.84. The van der Waals surface area contributed by atoms with Crippen molar-refractivity contribution in [1.82, 2.24) is 4.90 Å². The molecule has 0 fully saturated rings. The molecule has 3 nitrogen and oxygen atoms in total. The largest absolute Gasteiger partial charge is 0.340 e. The molecule has 1 aliphatic rings. The van der Waals surface area contributed by atoms with Gasteiger partial charge in [-0.3, -0.25) is 9.00 Å². The highest BCUT2D eigenvalue weighted by atomic mass is 32.2. The smallest absolute Gasteiger partial charge is 0.235 e. The zero-order valence-corrected chi connectivity index (χ0v) is 14.9. The zero-order chi connectivity index (χ0) is 16.2. The number of aryl methyl sites for hydroxylation is 2. The molecule has 1 atom stereocenters. The van der Waals surface area contributed by atoms with E-state index < -0.39 is 10.8 Å². The highest BCUT2D eigenvalue weighted by Crippen LogP contribution is 2.23. The zero-order valence-electron chi connectivity index (χ0n) is 13.3. The molecule has 0 saturated heterocycles. The lowest BCUT2D eigenvalue weighted by Gasteiger charge is -2.16. The summed E-state index contributed by atoms with van der Waals surface area (Å²) in [4.78, 5) is 15.0. The summed E-state index contributed by atoms with van der Waals surface area (Å²) in [6, 6.07) is 10.4. The van der Waals surface area contributed by atoms with Crippen molar-refractivity contribution >= 4 is 28.0 Å². The van der Waals surface area contributed by atoms with Gasteiger partial charge in [0.05, 0.1) is 6.54 Å². The van der Waals surface area contributed by atoms with Crippen molar-refractivity contribution < 1.29 is 9.00 Å². The molecule has 0 unspecified atom stereocenters. The summed E-state index contributed by atoms with van der Waals surface area (Å²) in [6.07, 6.45) is 3.50. The summed E-state index contributed by atoms with van der Waals surface area (Å²) in [5.74, 6) is 0.503. The fourth-order valence-electron chi connectivity index (χ4n) is 2.92. The average Bonchev–Trinajstić information content (AvgIpc) is 3.17. The van der Waals surface area contributed by atoms with Crippen LogP contribution in [0.3, 0.4) is 0 Å². The number of rotatable bonds is 6. The van der Waals surface area contributed by atoms with Gasteiger partial charge in [-0.1, -0.05) is 24.3 Å². The fraction of sp³-hybridized carbons (Fsp3) is 0.389. The molecule has 0 aliphatic heterocycles. The molecule has 0 saturated carbocycles. The van der Waals surface area contributed by atoms with Crippen LogP contribution in [0.4, 0.5) is 0 Å². The third kappa shape index (κ3) is 4.30. The van der Waals surface area contributed by atoms with E-state index in [1.807, 2.05) is 17.5 Å². The number of fused-ring (bicyclic) bond motifs is 1. The number of nitrogens with zero attached hydrogens (tertiary/aromatic N) is 1. The van der Waals surface area contributed by atoms with Gasteiger partial charge in [0.25, 0.3) is 0 Å². The van der Waals surface area contributed by atoms with Crippen molar-refractivity contribution in [2.45, 2.75) is 31.6 Å². The Balaban J connectivity index is 1.53. The molecule has 1 heterocycles. The van der Waals surface area contributed by atoms with Gasteiger partial charge in [-0.05, 0) is 47.4 Å². The van der Waals surface area contributed by atoms with Gasteiger partial charge in [-0.2, -0.15) is 0 Å². The molecule has 3 rings (SSSR count). The summed E-state index contributed by atoms with van der Waals surface area (Å²) in [6.45, 7) is 0.590. The predicted octanol–water partition coefficient (Wildman–Crippen LogP) is 3.14. The Kier molecular flexibility index (Phi) is 5.28. The molecule has 5 heteroatoms. The van der Waals surface area contributed by atoms with Gasteiger partial charge in [0.15, 0.2) is 0 Å². The number of carbonyl (C=O) groups is 1. The van der Waals surface area contributed by atoms with Gasteiger partial charge in [0.2, 0.25) is 5.91 Å². The van der Waals surface area contributed by atoms with Crippen molar-refractivity contribution in [3.05, 3.63) is 57.3 Å². The number of carbonyl (C=O) groups excluding carboxylic acids is 1. The molecular weight excluding hydrogens is 326 g/mol. The van der Waals surface area contributed by atoms with Crippen LogP contribution in [0.1, 0.15) is 28.0 Å². The topological polar surface area (TPSA) is 37.4 Å². The van der Waals surface area contributed by atoms with Gasteiger partial charge in [-0.25, -0.2) is 0 Å². The summed E-state index contributed by atoms with van der Waals surface area (Å²) in [5.41, 5.74) is 3.89. The van der Waals surface area contributed by atoms with E-state index >= 15 is 0 Å². The van der Waals surface area contributed by atoms with Gasteiger partial charge in [0.1, 0.15) is 5.75 Å². The predicted molar refractivity (Wildman–Crippen MR) is 96.0 cm³/mol. The first-order valence-corrected chi connectivity index (χ1v) is 10.2. The van der Waals surface area contributed by atoms with E-state index in [1.165, 1.54) is 17.5 Å². The van der Waals surface area contributed by atoms with Crippen LogP contribution in [-0.2, 0) is 40.7 Å². The lowest BCUT2D eigenvalue weighted by Crippen LogP contribution is -2.30. The number of thiophene rings is 1. The van der Waals surface area contributed by atoms with Crippen LogP contribution >= 0.6 is 11.3 Å². The Morgan fingerprint density at radius 3 is 2.87 bits per heavy atom. The van der Waals surface area contributed by atoms with E-state index in [4.69, 9.17) is 0 Å². The first-order chi connectivity index (χ1) is 11.1. The first kappa shape index (κ1) is 16.4. The minimum atomic E-state index is -1.15. The van der Waals surface area contributed by atoms with E-state index in [-0.39, 0.29) is 11.7 Å². The molecule has 1 aromatic carbocycles. The van der Waals surface area contributed by atoms with E-state index in [9.17, 15) is 9.00 Å². The number of hydrogen-bond donors (Lipinski definition) is 0. The maximum Gasteiger partial charge on any atom is 0.235 e. The Bertz CT molecular complexity index is 710. The molecule has 0 bridgehead atoms. The standard InChI is InChI=1S/C18H21NO2S2/c1-19(11-17-6-3-9-22-17)18(20)13-23(21)12-14-7-8-15-4-2-5-16(15)10-14/h3,6-10H,2,4-5,11-13H2,1H3/t23-/m0/s1. The molecule has 122 valence electrons. The molecule has 0 radical (unpaired) electrons. The van der Waals surface area contributed by atoms with Crippen LogP contribution in [0.15, 0.2) is 35.7 Å². The van der Waals surface area contributed by atoms with E-state index in [0.717, 1.165) is 23.3 Å². The van der Waals surface area contributed by atoms with E-state index in [2.05, 4.69) is 18.2 Å². The minimum Gasteiger partial charge on any atom is -0.340 e. The molecule has 0 spiro atoms. The van der Waals surface area contributed by atoms with Gasteiger partial charge in [0, 0.05) is 28.5 Å². The highest BCUT2D eigenvalue weighted by Gasteiger charge is 2.16. The van der Waals surface area contributed by atoms with Crippen molar-refractivity contribution in [3.63, 3.8) is 0 Å². The Morgan fingerprint density at radius 1 is 1.26 bits per heavy atom. The second-order valence-electron chi connectivity index (χ2n) is 6.01. The lowest BCUT2D eigenvalue weighted by atomic mass is 10.1. The second-order valence-corrected chi connectivity index (χ2v) is 8.50.